The molecule has 0 aliphatic heterocycles. The van der Waals surface area contributed by atoms with Crippen LogP contribution in [0.1, 0.15) is 103 Å². The van der Waals surface area contributed by atoms with Gasteiger partial charge in [0.2, 0.25) is 0 Å². The lowest BCUT2D eigenvalue weighted by Crippen LogP contribution is -2.06. The van der Waals surface area contributed by atoms with Gasteiger partial charge >= 0.3 is 5.97 Å². The lowest BCUT2D eigenvalue weighted by molar-refractivity contribution is -0.137. The zero-order chi connectivity index (χ0) is 25.2. The van der Waals surface area contributed by atoms with Crippen molar-refractivity contribution in [3.05, 3.63) is 53.6 Å². The molecule has 0 saturated heterocycles. The predicted molar refractivity (Wildman–Crippen MR) is 142 cm³/mol. The van der Waals surface area contributed by atoms with Crippen LogP contribution in [-0.4, -0.2) is 27.4 Å². The smallest absolute Gasteiger partial charge is 0.303 e. The van der Waals surface area contributed by atoms with Crippen molar-refractivity contribution < 1.29 is 20.1 Å². The Morgan fingerprint density at radius 2 is 1.76 bits per heavy atom. The number of rotatable bonds is 19. The van der Waals surface area contributed by atoms with Gasteiger partial charge in [-0.15, -0.1) is 0 Å². The Kier molecular flexibility index (Phi) is 16.1. The third-order valence-corrected chi connectivity index (χ3v) is 6.35. The topological polar surface area (TPSA) is 77.8 Å². The number of unbranched alkanes of at least 4 members (excludes halogenated alkanes) is 4. The first kappa shape index (κ1) is 30.0. The number of aliphatic carboxylic acids is 1. The SMILES string of the molecule is CCCCC[C@H](O)C=CC(=CCCCC[C@@H](CCC(=O)O)CCC(C)C)Cc1cccc(O)c1. The van der Waals surface area contributed by atoms with Crippen LogP contribution in [0, 0.1) is 11.8 Å². The summed E-state index contributed by atoms with van der Waals surface area (Å²) in [5, 5.41) is 29.1. The Morgan fingerprint density at radius 3 is 2.44 bits per heavy atom. The molecule has 3 N–H and O–H groups in total. The average molecular weight is 473 g/mol. The normalized spacial score (nSPS) is 14.1. The minimum absolute atomic E-state index is 0.266. The number of aliphatic hydroxyl groups excluding tert-OH is 1. The largest absolute Gasteiger partial charge is 0.508 e. The van der Waals surface area contributed by atoms with Crippen molar-refractivity contribution in [2.45, 2.75) is 110 Å². The van der Waals surface area contributed by atoms with Gasteiger partial charge in [-0.05, 0) is 67.2 Å². The van der Waals surface area contributed by atoms with Gasteiger partial charge in [0.25, 0.3) is 0 Å². The molecule has 1 rings (SSSR count). The Balaban J connectivity index is 2.65. The summed E-state index contributed by atoms with van der Waals surface area (Å²) in [6, 6.07) is 7.35. The molecule has 4 heteroatoms. The maximum atomic E-state index is 11.0. The highest BCUT2D eigenvalue weighted by Gasteiger charge is 2.12. The highest BCUT2D eigenvalue weighted by atomic mass is 16.4. The van der Waals surface area contributed by atoms with E-state index < -0.39 is 12.1 Å². The summed E-state index contributed by atoms with van der Waals surface area (Å²) in [4.78, 5) is 11.0. The van der Waals surface area contributed by atoms with Crippen LogP contribution in [0.3, 0.4) is 0 Å². The zero-order valence-electron chi connectivity index (χ0n) is 21.7. The van der Waals surface area contributed by atoms with Crippen LogP contribution in [0.15, 0.2) is 48.1 Å². The van der Waals surface area contributed by atoms with Gasteiger partial charge < -0.3 is 15.3 Å². The van der Waals surface area contributed by atoms with Crippen LogP contribution in [0.25, 0.3) is 0 Å². The van der Waals surface area contributed by atoms with Crippen LogP contribution < -0.4 is 0 Å². The van der Waals surface area contributed by atoms with Crippen LogP contribution in [0.5, 0.6) is 5.75 Å². The highest BCUT2D eigenvalue weighted by molar-refractivity contribution is 5.66. The van der Waals surface area contributed by atoms with Crippen molar-refractivity contribution in [2.75, 3.05) is 0 Å². The minimum Gasteiger partial charge on any atom is -0.508 e. The molecular formula is C30H48O4. The molecule has 0 unspecified atom stereocenters. The van der Waals surface area contributed by atoms with E-state index in [1.807, 2.05) is 24.3 Å². The number of aliphatic hydroxyl groups is 1. The molecule has 192 valence electrons. The summed E-state index contributed by atoms with van der Waals surface area (Å²) in [5.74, 6) is 0.721. The number of aromatic hydroxyl groups is 1. The fourth-order valence-corrected chi connectivity index (χ4v) is 4.23. The van der Waals surface area contributed by atoms with E-state index in [2.05, 4.69) is 26.8 Å². The van der Waals surface area contributed by atoms with Crippen LogP contribution >= 0.6 is 0 Å². The molecule has 0 aliphatic rings. The molecule has 0 heterocycles. The quantitative estimate of drug-likeness (QED) is 0.142. The van der Waals surface area contributed by atoms with E-state index in [-0.39, 0.29) is 12.2 Å². The third kappa shape index (κ3) is 15.7. The molecular weight excluding hydrogens is 424 g/mol. The van der Waals surface area contributed by atoms with Crippen molar-refractivity contribution in [2.24, 2.45) is 11.8 Å². The van der Waals surface area contributed by atoms with E-state index in [0.29, 0.717) is 11.8 Å². The van der Waals surface area contributed by atoms with Gasteiger partial charge in [-0.3, -0.25) is 4.79 Å². The van der Waals surface area contributed by atoms with E-state index >= 15 is 0 Å². The Labute approximate surface area is 207 Å². The molecule has 0 spiro atoms. The Hall–Kier alpha value is -2.07. The van der Waals surface area contributed by atoms with Crippen LogP contribution in [0.2, 0.25) is 0 Å². The first-order valence-corrected chi connectivity index (χ1v) is 13.3. The summed E-state index contributed by atoms with van der Waals surface area (Å²) in [7, 11) is 0. The number of hydrogen-bond acceptors (Lipinski definition) is 3. The van der Waals surface area contributed by atoms with Gasteiger partial charge in [0, 0.05) is 6.42 Å². The molecule has 0 radical (unpaired) electrons. The number of phenolic OH excluding ortho intramolecular Hbond substituents is 1. The standard InChI is InChI=1S/C30H48O4/c1-4-5-7-14-28(31)20-18-26(22-27-13-10-15-29(32)23-27)12-9-6-8-11-25(17-16-24(2)3)19-21-30(33)34/h10,12-13,15,18,20,23-25,28,31-32H,4-9,11,14,16-17,19,21-22H2,1-3H3,(H,33,34)/t25-,28+/m1/s1. The predicted octanol–water partition coefficient (Wildman–Crippen LogP) is 7.84. The molecule has 34 heavy (non-hydrogen) atoms. The highest BCUT2D eigenvalue weighted by Crippen LogP contribution is 2.24. The first-order valence-electron chi connectivity index (χ1n) is 13.3. The lowest BCUT2D eigenvalue weighted by Gasteiger charge is -2.17. The molecule has 2 atom stereocenters. The van der Waals surface area contributed by atoms with Gasteiger partial charge in [-0.25, -0.2) is 0 Å². The summed E-state index contributed by atoms with van der Waals surface area (Å²) in [6.45, 7) is 6.61. The number of carboxylic acids is 1. The molecule has 0 fully saturated rings. The third-order valence-electron chi connectivity index (χ3n) is 6.35. The van der Waals surface area contributed by atoms with Gasteiger partial charge in [0.05, 0.1) is 6.10 Å². The number of carboxylic acid groups (broad SMARTS) is 1. The molecule has 0 amide bonds. The second kappa shape index (κ2) is 18.3. The first-order chi connectivity index (χ1) is 16.3. The summed E-state index contributed by atoms with van der Waals surface area (Å²) >= 11 is 0. The fraction of sp³-hybridized carbons (Fsp3) is 0.633. The number of benzene rings is 1. The molecule has 0 saturated carbocycles. The van der Waals surface area contributed by atoms with E-state index in [0.717, 1.165) is 88.2 Å². The zero-order valence-corrected chi connectivity index (χ0v) is 21.7. The van der Waals surface area contributed by atoms with Crippen molar-refractivity contribution in [1.82, 2.24) is 0 Å². The van der Waals surface area contributed by atoms with Crippen molar-refractivity contribution in [3.63, 3.8) is 0 Å². The molecule has 0 aliphatic carbocycles. The fourth-order valence-electron chi connectivity index (χ4n) is 4.23. The van der Waals surface area contributed by atoms with E-state index in [4.69, 9.17) is 5.11 Å². The minimum atomic E-state index is -0.697. The number of phenols is 1. The second-order valence-electron chi connectivity index (χ2n) is 10.1. The van der Waals surface area contributed by atoms with Crippen molar-refractivity contribution >= 4 is 5.97 Å². The number of hydrogen-bond donors (Lipinski definition) is 3. The van der Waals surface area contributed by atoms with Gasteiger partial charge in [0.15, 0.2) is 0 Å². The monoisotopic (exact) mass is 472 g/mol. The number of allylic oxidation sites excluding steroid dienone is 3. The summed E-state index contributed by atoms with van der Waals surface area (Å²) in [5.41, 5.74) is 2.21. The van der Waals surface area contributed by atoms with Gasteiger partial charge in [0.1, 0.15) is 5.75 Å². The maximum absolute atomic E-state index is 11.0. The van der Waals surface area contributed by atoms with E-state index in [1.165, 1.54) is 0 Å². The van der Waals surface area contributed by atoms with Crippen molar-refractivity contribution in [1.29, 1.82) is 0 Å². The van der Waals surface area contributed by atoms with Gasteiger partial charge in [-0.2, -0.15) is 0 Å². The maximum Gasteiger partial charge on any atom is 0.303 e. The average Bonchev–Trinajstić information content (AvgIpc) is 2.78. The summed E-state index contributed by atoms with van der Waals surface area (Å²) in [6.07, 6.45) is 18.1. The molecule has 0 aromatic heterocycles. The van der Waals surface area contributed by atoms with Gasteiger partial charge in [-0.1, -0.05) is 96.1 Å². The molecule has 1 aromatic rings. The van der Waals surface area contributed by atoms with E-state index in [9.17, 15) is 15.0 Å². The molecule has 0 bridgehead atoms. The lowest BCUT2D eigenvalue weighted by atomic mass is 9.89. The molecule has 1 aromatic carbocycles. The number of carbonyl (C=O) groups is 1. The Bertz CT molecular complexity index is 735. The van der Waals surface area contributed by atoms with E-state index in [1.54, 1.807) is 12.1 Å². The Morgan fingerprint density at radius 1 is 1.00 bits per heavy atom. The summed E-state index contributed by atoms with van der Waals surface area (Å²) < 4.78 is 0. The second-order valence-corrected chi connectivity index (χ2v) is 10.1. The van der Waals surface area contributed by atoms with Crippen molar-refractivity contribution in [3.8, 4) is 5.75 Å². The molecule has 4 nitrogen and oxygen atoms in total. The van der Waals surface area contributed by atoms with Crippen LogP contribution in [-0.2, 0) is 11.2 Å². The van der Waals surface area contributed by atoms with Crippen LogP contribution in [0.4, 0.5) is 0 Å².